The highest BCUT2D eigenvalue weighted by Gasteiger charge is 2.25. The lowest BCUT2D eigenvalue weighted by Crippen LogP contribution is -2.28. The van der Waals surface area contributed by atoms with Crippen LogP contribution in [0.1, 0.15) is 43.0 Å². The van der Waals surface area contributed by atoms with E-state index in [0.29, 0.717) is 18.8 Å². The lowest BCUT2D eigenvalue weighted by atomic mass is 9.99. The number of nitrogens with one attached hydrogen (secondary N) is 1. The molecule has 4 nitrogen and oxygen atoms in total. The molecule has 0 spiro atoms. The van der Waals surface area contributed by atoms with Crippen molar-refractivity contribution in [2.45, 2.75) is 38.7 Å². The molecule has 1 N–H and O–H groups in total. The zero-order chi connectivity index (χ0) is 14.7. The average molecular weight is 287 g/mol. The molecule has 1 fully saturated rings. The van der Waals surface area contributed by atoms with E-state index in [2.05, 4.69) is 11.9 Å². The lowest BCUT2D eigenvalue weighted by molar-refractivity contribution is 0.0188. The molecular formula is C17H21NO3. The van der Waals surface area contributed by atoms with Crippen LogP contribution in [0.2, 0.25) is 0 Å². The fourth-order valence-corrected chi connectivity index (χ4v) is 2.73. The molecule has 3 rings (SSSR count). The second-order valence-electron chi connectivity index (χ2n) is 5.48. The molecule has 0 aliphatic carbocycles. The van der Waals surface area contributed by atoms with Gasteiger partial charge in [-0.1, -0.05) is 6.92 Å². The quantitative estimate of drug-likeness (QED) is 0.853. The number of carbonyl (C=O) groups is 1. The second-order valence-corrected chi connectivity index (χ2v) is 5.48. The molecule has 1 saturated heterocycles. The smallest absolute Gasteiger partial charge is 0.193 e. The van der Waals surface area contributed by atoms with Crippen molar-refractivity contribution in [3.05, 3.63) is 30.0 Å². The minimum Gasteiger partial charge on any atom is -0.494 e. The molecule has 21 heavy (non-hydrogen) atoms. The predicted octanol–water partition coefficient (Wildman–Crippen LogP) is 3.71. The lowest BCUT2D eigenvalue weighted by Gasteiger charge is -2.21. The van der Waals surface area contributed by atoms with Gasteiger partial charge in [0.15, 0.2) is 5.78 Å². The van der Waals surface area contributed by atoms with Crippen LogP contribution < -0.4 is 4.74 Å². The standard InChI is InChI=1S/C17H21NO3/c1-2-8-20-12-6-7-15-13(10-12)14(11-18-15)17(19)16-5-3-4-9-21-16/h6-7,10-11,16,18H,2-5,8-9H2,1H3. The summed E-state index contributed by atoms with van der Waals surface area (Å²) in [7, 11) is 0. The maximum Gasteiger partial charge on any atom is 0.193 e. The number of aromatic amines is 1. The summed E-state index contributed by atoms with van der Waals surface area (Å²) in [6.07, 6.45) is 5.38. The molecule has 0 amide bonds. The third-order valence-corrected chi connectivity index (χ3v) is 3.86. The number of H-pyrrole nitrogens is 1. The number of ether oxygens (including phenoxy) is 2. The number of hydrogen-bond donors (Lipinski definition) is 1. The number of fused-ring (bicyclic) bond motifs is 1. The zero-order valence-electron chi connectivity index (χ0n) is 12.4. The minimum atomic E-state index is -0.294. The van der Waals surface area contributed by atoms with Crippen molar-refractivity contribution in [1.29, 1.82) is 0 Å². The van der Waals surface area contributed by atoms with Gasteiger partial charge in [-0.15, -0.1) is 0 Å². The SMILES string of the molecule is CCCOc1ccc2[nH]cc(C(=O)C3CCCCO3)c2c1. The van der Waals surface area contributed by atoms with E-state index in [1.54, 1.807) is 6.20 Å². The summed E-state index contributed by atoms with van der Waals surface area (Å²) < 4.78 is 11.3. The fraction of sp³-hybridized carbons (Fsp3) is 0.471. The van der Waals surface area contributed by atoms with Gasteiger partial charge in [0.25, 0.3) is 0 Å². The number of benzene rings is 1. The van der Waals surface area contributed by atoms with E-state index in [1.165, 1.54) is 0 Å². The minimum absolute atomic E-state index is 0.0774. The molecule has 112 valence electrons. The molecule has 2 heterocycles. The Hall–Kier alpha value is -1.81. The Morgan fingerprint density at radius 3 is 3.10 bits per heavy atom. The molecule has 1 aromatic carbocycles. The monoisotopic (exact) mass is 287 g/mol. The van der Waals surface area contributed by atoms with Crippen molar-refractivity contribution in [3.63, 3.8) is 0 Å². The van der Waals surface area contributed by atoms with Gasteiger partial charge in [0.05, 0.1) is 6.61 Å². The van der Waals surface area contributed by atoms with Crippen LogP contribution in [0.25, 0.3) is 10.9 Å². The van der Waals surface area contributed by atoms with Gasteiger partial charge in [-0.25, -0.2) is 0 Å². The van der Waals surface area contributed by atoms with Crippen molar-refractivity contribution in [2.24, 2.45) is 0 Å². The number of carbonyl (C=O) groups excluding carboxylic acids is 1. The van der Waals surface area contributed by atoms with E-state index in [-0.39, 0.29) is 11.9 Å². The maximum atomic E-state index is 12.6. The summed E-state index contributed by atoms with van der Waals surface area (Å²) in [5, 5.41) is 0.919. The molecule has 0 saturated carbocycles. The molecule has 1 unspecified atom stereocenters. The largest absolute Gasteiger partial charge is 0.494 e. The number of Topliss-reactive ketones (excluding diaryl/α,β-unsaturated/α-hetero) is 1. The summed E-state index contributed by atoms with van der Waals surface area (Å²) in [5.74, 6) is 0.885. The average Bonchev–Trinajstić information content (AvgIpc) is 2.96. The van der Waals surface area contributed by atoms with Crippen LogP contribution in [-0.2, 0) is 4.74 Å². The van der Waals surface area contributed by atoms with Crippen LogP contribution in [0.3, 0.4) is 0 Å². The highest BCUT2D eigenvalue weighted by molar-refractivity contribution is 6.10. The first kappa shape index (κ1) is 14.1. The summed E-state index contributed by atoms with van der Waals surface area (Å²) in [6.45, 7) is 3.44. The molecular weight excluding hydrogens is 266 g/mol. The summed E-state index contributed by atoms with van der Waals surface area (Å²) >= 11 is 0. The zero-order valence-corrected chi connectivity index (χ0v) is 12.4. The number of ketones is 1. The van der Waals surface area contributed by atoms with E-state index < -0.39 is 0 Å². The van der Waals surface area contributed by atoms with Gasteiger partial charge in [0, 0.05) is 29.3 Å². The Balaban J connectivity index is 1.88. The Morgan fingerprint density at radius 2 is 2.33 bits per heavy atom. The van der Waals surface area contributed by atoms with Gasteiger partial charge in [-0.05, 0) is 43.9 Å². The topological polar surface area (TPSA) is 51.3 Å². The van der Waals surface area contributed by atoms with Gasteiger partial charge < -0.3 is 14.5 Å². The van der Waals surface area contributed by atoms with Gasteiger partial charge in [-0.2, -0.15) is 0 Å². The fourth-order valence-electron chi connectivity index (χ4n) is 2.73. The van der Waals surface area contributed by atoms with Crippen LogP contribution in [0.15, 0.2) is 24.4 Å². The van der Waals surface area contributed by atoms with Crippen LogP contribution in [0.4, 0.5) is 0 Å². The maximum absolute atomic E-state index is 12.6. The first-order valence-electron chi connectivity index (χ1n) is 7.69. The highest BCUT2D eigenvalue weighted by atomic mass is 16.5. The predicted molar refractivity (Wildman–Crippen MR) is 82.0 cm³/mol. The third-order valence-electron chi connectivity index (χ3n) is 3.86. The molecule has 0 bridgehead atoms. The van der Waals surface area contributed by atoms with Crippen LogP contribution >= 0.6 is 0 Å². The molecule has 1 atom stereocenters. The third kappa shape index (κ3) is 2.95. The first-order chi connectivity index (χ1) is 10.3. The van der Waals surface area contributed by atoms with Crippen molar-refractivity contribution in [1.82, 2.24) is 4.98 Å². The summed E-state index contributed by atoms with van der Waals surface area (Å²) in [4.78, 5) is 15.8. The van der Waals surface area contributed by atoms with Gasteiger partial charge >= 0.3 is 0 Å². The Bertz CT molecular complexity index is 626. The Labute approximate surface area is 124 Å². The van der Waals surface area contributed by atoms with E-state index in [4.69, 9.17) is 9.47 Å². The highest BCUT2D eigenvalue weighted by Crippen LogP contribution is 2.27. The van der Waals surface area contributed by atoms with Crippen LogP contribution in [0.5, 0.6) is 5.75 Å². The second kappa shape index (κ2) is 6.31. The van der Waals surface area contributed by atoms with E-state index in [0.717, 1.165) is 42.3 Å². The molecule has 1 aliphatic rings. The van der Waals surface area contributed by atoms with Gasteiger partial charge in [-0.3, -0.25) is 4.79 Å². The Morgan fingerprint density at radius 1 is 1.43 bits per heavy atom. The number of hydrogen-bond acceptors (Lipinski definition) is 3. The summed E-state index contributed by atoms with van der Waals surface area (Å²) in [5.41, 5.74) is 1.66. The van der Waals surface area contributed by atoms with Crippen molar-refractivity contribution < 1.29 is 14.3 Å². The van der Waals surface area contributed by atoms with Crippen molar-refractivity contribution in [3.8, 4) is 5.75 Å². The Kier molecular flexibility index (Phi) is 4.25. The molecule has 1 aliphatic heterocycles. The van der Waals surface area contributed by atoms with E-state index >= 15 is 0 Å². The van der Waals surface area contributed by atoms with Crippen LogP contribution in [-0.4, -0.2) is 30.1 Å². The normalized spacial score (nSPS) is 18.8. The van der Waals surface area contributed by atoms with E-state index in [9.17, 15) is 4.79 Å². The summed E-state index contributed by atoms with van der Waals surface area (Å²) in [6, 6.07) is 5.83. The number of rotatable bonds is 5. The van der Waals surface area contributed by atoms with Crippen molar-refractivity contribution in [2.75, 3.05) is 13.2 Å². The van der Waals surface area contributed by atoms with E-state index in [1.807, 2.05) is 18.2 Å². The molecule has 2 aromatic rings. The molecule has 4 heteroatoms. The molecule has 0 radical (unpaired) electrons. The van der Waals surface area contributed by atoms with Gasteiger partial charge in [0.1, 0.15) is 11.9 Å². The van der Waals surface area contributed by atoms with Crippen LogP contribution in [0, 0.1) is 0 Å². The molecule has 1 aromatic heterocycles. The van der Waals surface area contributed by atoms with Gasteiger partial charge in [0.2, 0.25) is 0 Å². The van der Waals surface area contributed by atoms with Crippen molar-refractivity contribution >= 4 is 16.7 Å². The first-order valence-corrected chi connectivity index (χ1v) is 7.69. The number of aromatic nitrogens is 1.